The van der Waals surface area contributed by atoms with E-state index < -0.39 is 0 Å². The molecule has 7 heteroatoms. The van der Waals surface area contributed by atoms with Gasteiger partial charge in [0, 0.05) is 45.1 Å². The summed E-state index contributed by atoms with van der Waals surface area (Å²) in [7, 11) is 2.15. The summed E-state index contributed by atoms with van der Waals surface area (Å²) in [6.45, 7) is 5.02. The van der Waals surface area contributed by atoms with E-state index in [0.29, 0.717) is 5.92 Å². The number of aromatic nitrogens is 4. The van der Waals surface area contributed by atoms with E-state index in [2.05, 4.69) is 54.7 Å². The van der Waals surface area contributed by atoms with Crippen molar-refractivity contribution >= 4 is 11.6 Å². The highest BCUT2D eigenvalue weighted by Gasteiger charge is 2.29. The average molecular weight is 351 g/mol. The quantitative estimate of drug-likeness (QED) is 0.890. The second-order valence-electron chi connectivity index (χ2n) is 7.87. The van der Waals surface area contributed by atoms with Crippen molar-refractivity contribution in [3.8, 4) is 0 Å². The molecule has 0 radical (unpaired) electrons. The molecule has 0 amide bonds. The van der Waals surface area contributed by atoms with Gasteiger partial charge in [-0.1, -0.05) is 0 Å². The zero-order valence-corrected chi connectivity index (χ0v) is 15.3. The first-order chi connectivity index (χ1) is 12.7. The summed E-state index contributed by atoms with van der Waals surface area (Å²) in [5, 5.41) is 21.0. The predicted molar refractivity (Wildman–Crippen MR) is 100 cm³/mol. The van der Waals surface area contributed by atoms with Crippen molar-refractivity contribution in [1.29, 1.82) is 0 Å². The molecule has 2 aromatic rings. The maximum Gasteiger partial charge on any atom is 0.151 e. The molecule has 0 aromatic carbocycles. The summed E-state index contributed by atoms with van der Waals surface area (Å²) in [4.78, 5) is 4.65. The molecule has 7 nitrogen and oxygen atoms in total. The van der Waals surface area contributed by atoms with Gasteiger partial charge in [-0.15, -0.1) is 10.2 Å². The minimum absolute atomic E-state index is 0.616. The summed E-state index contributed by atoms with van der Waals surface area (Å²) < 4.78 is 0. The highest BCUT2D eigenvalue weighted by atomic mass is 15.3. The van der Waals surface area contributed by atoms with Crippen molar-refractivity contribution in [2.75, 3.05) is 43.4 Å². The molecular formula is C19H25N7. The SMILES string of the molecule is CN1CCc2nnc(NCC3CN(c4cc5c(nn4)CCC5)C3)cc2C1. The fourth-order valence-corrected chi connectivity index (χ4v) is 4.16. The van der Waals surface area contributed by atoms with Crippen molar-refractivity contribution in [3.05, 3.63) is 34.6 Å². The van der Waals surface area contributed by atoms with E-state index in [1.807, 2.05) is 0 Å². The molecule has 2 aliphatic heterocycles. The number of nitrogens with one attached hydrogen (secondary N) is 1. The monoisotopic (exact) mass is 351 g/mol. The fourth-order valence-electron chi connectivity index (χ4n) is 4.16. The smallest absolute Gasteiger partial charge is 0.151 e. The van der Waals surface area contributed by atoms with Crippen LogP contribution in [0.3, 0.4) is 0 Å². The highest BCUT2D eigenvalue weighted by molar-refractivity contribution is 5.46. The maximum atomic E-state index is 4.41. The topological polar surface area (TPSA) is 70.1 Å². The Labute approximate surface area is 153 Å². The molecule has 136 valence electrons. The lowest BCUT2D eigenvalue weighted by Gasteiger charge is -2.40. The summed E-state index contributed by atoms with van der Waals surface area (Å²) in [6, 6.07) is 4.41. The molecule has 1 N–H and O–H groups in total. The second kappa shape index (κ2) is 6.46. The molecule has 4 heterocycles. The van der Waals surface area contributed by atoms with E-state index in [4.69, 9.17) is 0 Å². The Bertz CT molecular complexity index is 816. The molecule has 0 spiro atoms. The van der Waals surface area contributed by atoms with Crippen LogP contribution in [0.25, 0.3) is 0 Å². The van der Waals surface area contributed by atoms with E-state index >= 15 is 0 Å². The van der Waals surface area contributed by atoms with Gasteiger partial charge in [0.2, 0.25) is 0 Å². The number of aryl methyl sites for hydroxylation is 2. The van der Waals surface area contributed by atoms with Gasteiger partial charge < -0.3 is 15.1 Å². The third kappa shape index (κ3) is 3.00. The van der Waals surface area contributed by atoms with Crippen LogP contribution in [0.1, 0.15) is 28.9 Å². The third-order valence-electron chi connectivity index (χ3n) is 5.79. The van der Waals surface area contributed by atoms with Gasteiger partial charge in [0.15, 0.2) is 5.82 Å². The minimum atomic E-state index is 0.616. The van der Waals surface area contributed by atoms with Crippen LogP contribution in [-0.4, -0.2) is 58.5 Å². The molecule has 1 saturated heterocycles. The Morgan fingerprint density at radius 1 is 1.00 bits per heavy atom. The Kier molecular flexibility index (Phi) is 3.96. The zero-order chi connectivity index (χ0) is 17.5. The average Bonchev–Trinajstić information content (AvgIpc) is 3.08. The Balaban J connectivity index is 1.15. The molecule has 5 rings (SSSR count). The number of fused-ring (bicyclic) bond motifs is 2. The molecule has 0 bridgehead atoms. The first-order valence-corrected chi connectivity index (χ1v) is 9.63. The normalized spacial score (nSPS) is 19.8. The van der Waals surface area contributed by atoms with Gasteiger partial charge >= 0.3 is 0 Å². The number of hydrogen-bond donors (Lipinski definition) is 1. The van der Waals surface area contributed by atoms with Gasteiger partial charge in [0.05, 0.1) is 11.4 Å². The summed E-state index contributed by atoms with van der Waals surface area (Å²) in [5.74, 6) is 2.55. The van der Waals surface area contributed by atoms with Gasteiger partial charge in [-0.2, -0.15) is 10.2 Å². The lowest BCUT2D eigenvalue weighted by atomic mass is 10.00. The predicted octanol–water partition coefficient (Wildman–Crippen LogP) is 1.29. The standard InChI is InChI=1S/C19H25N7/c1-25-6-5-17-15(12-25)7-18(23-21-17)20-9-13-10-26(11-13)19-8-14-3-2-4-16(14)22-24-19/h7-8,13H,2-6,9-12H2,1H3,(H,20,23). The van der Waals surface area contributed by atoms with Crippen LogP contribution < -0.4 is 10.2 Å². The summed E-state index contributed by atoms with van der Waals surface area (Å²) >= 11 is 0. The fraction of sp³-hybridized carbons (Fsp3) is 0.579. The largest absolute Gasteiger partial charge is 0.368 e. The minimum Gasteiger partial charge on any atom is -0.368 e. The van der Waals surface area contributed by atoms with E-state index in [-0.39, 0.29) is 0 Å². The van der Waals surface area contributed by atoms with Crippen LogP contribution >= 0.6 is 0 Å². The van der Waals surface area contributed by atoms with E-state index in [0.717, 1.165) is 69.3 Å². The lowest BCUT2D eigenvalue weighted by molar-refractivity contribution is 0.309. The number of likely N-dealkylation sites (N-methyl/N-ethyl adjacent to an activating group) is 1. The molecular weight excluding hydrogens is 326 g/mol. The maximum absolute atomic E-state index is 4.41. The number of nitrogens with zero attached hydrogens (tertiary/aromatic N) is 6. The molecule has 3 aliphatic rings. The Morgan fingerprint density at radius 3 is 2.77 bits per heavy atom. The first kappa shape index (κ1) is 15.9. The van der Waals surface area contributed by atoms with Gasteiger partial charge in [0.25, 0.3) is 0 Å². The van der Waals surface area contributed by atoms with Crippen LogP contribution in [0.15, 0.2) is 12.1 Å². The van der Waals surface area contributed by atoms with E-state index in [1.165, 1.54) is 23.2 Å². The number of anilines is 2. The van der Waals surface area contributed by atoms with Gasteiger partial charge in [0.1, 0.15) is 5.82 Å². The summed E-state index contributed by atoms with van der Waals surface area (Å²) in [5.41, 5.74) is 5.05. The van der Waals surface area contributed by atoms with Crippen LogP contribution in [0.2, 0.25) is 0 Å². The zero-order valence-electron chi connectivity index (χ0n) is 15.3. The first-order valence-electron chi connectivity index (χ1n) is 9.63. The number of rotatable bonds is 4. The third-order valence-corrected chi connectivity index (χ3v) is 5.79. The van der Waals surface area contributed by atoms with Gasteiger partial charge in [-0.05, 0) is 49.6 Å². The van der Waals surface area contributed by atoms with Gasteiger partial charge in [-0.3, -0.25) is 0 Å². The Hall–Kier alpha value is -2.28. The van der Waals surface area contributed by atoms with Crippen molar-refractivity contribution in [2.24, 2.45) is 5.92 Å². The summed E-state index contributed by atoms with van der Waals surface area (Å²) in [6.07, 6.45) is 4.46. The Morgan fingerprint density at radius 2 is 1.85 bits per heavy atom. The van der Waals surface area contributed by atoms with Crippen LogP contribution in [-0.2, 0) is 25.8 Å². The molecule has 1 aliphatic carbocycles. The molecule has 0 atom stereocenters. The molecule has 1 fully saturated rings. The molecule has 0 saturated carbocycles. The molecule has 0 unspecified atom stereocenters. The van der Waals surface area contributed by atoms with Gasteiger partial charge in [-0.25, -0.2) is 0 Å². The van der Waals surface area contributed by atoms with Crippen molar-refractivity contribution in [1.82, 2.24) is 25.3 Å². The number of hydrogen-bond acceptors (Lipinski definition) is 7. The van der Waals surface area contributed by atoms with E-state index in [9.17, 15) is 0 Å². The van der Waals surface area contributed by atoms with Crippen molar-refractivity contribution < 1.29 is 0 Å². The van der Waals surface area contributed by atoms with Crippen molar-refractivity contribution in [2.45, 2.75) is 32.2 Å². The lowest BCUT2D eigenvalue weighted by Crippen LogP contribution is -2.50. The second-order valence-corrected chi connectivity index (χ2v) is 7.87. The van der Waals surface area contributed by atoms with Crippen molar-refractivity contribution in [3.63, 3.8) is 0 Å². The highest BCUT2D eigenvalue weighted by Crippen LogP contribution is 2.27. The van der Waals surface area contributed by atoms with Crippen LogP contribution in [0.4, 0.5) is 11.6 Å². The molecule has 26 heavy (non-hydrogen) atoms. The van der Waals surface area contributed by atoms with Crippen LogP contribution in [0, 0.1) is 5.92 Å². The van der Waals surface area contributed by atoms with E-state index in [1.54, 1.807) is 0 Å². The van der Waals surface area contributed by atoms with Crippen LogP contribution in [0.5, 0.6) is 0 Å². The molecule has 2 aromatic heterocycles.